The SMILES string of the molecule is C[Si]1OCCCC[Si](C)(CCCNC(=O)CC(F)(F)F)O1. The molecule has 9 heteroatoms. The summed E-state index contributed by atoms with van der Waals surface area (Å²) in [4.78, 5) is 11.1. The Balaban J connectivity index is 2.27. The molecule has 0 spiro atoms. The Kier molecular flexibility index (Phi) is 7.38. The number of hydrogen-bond acceptors (Lipinski definition) is 3. The monoisotopic (exact) mass is 342 g/mol. The number of rotatable bonds is 5. The fourth-order valence-electron chi connectivity index (χ4n) is 2.36. The molecular formula is C12H23F3NO3Si2. The fraction of sp³-hybridized carbons (Fsp3) is 0.917. The average molecular weight is 342 g/mol. The van der Waals surface area contributed by atoms with Crippen LogP contribution in [0.2, 0.25) is 25.2 Å². The van der Waals surface area contributed by atoms with E-state index in [1.165, 1.54) is 0 Å². The Hall–Kier alpha value is -0.386. The molecule has 0 bridgehead atoms. The number of amides is 1. The predicted molar refractivity (Wildman–Crippen MR) is 77.4 cm³/mol. The third-order valence-electron chi connectivity index (χ3n) is 3.36. The van der Waals surface area contributed by atoms with Gasteiger partial charge < -0.3 is 13.9 Å². The van der Waals surface area contributed by atoms with Gasteiger partial charge in [0.25, 0.3) is 0 Å². The highest BCUT2D eigenvalue weighted by atomic mass is 28.4. The van der Waals surface area contributed by atoms with E-state index in [9.17, 15) is 18.0 Å². The van der Waals surface area contributed by atoms with Crippen LogP contribution in [0.15, 0.2) is 0 Å². The third kappa shape index (κ3) is 8.59. The van der Waals surface area contributed by atoms with Crippen molar-refractivity contribution in [2.24, 2.45) is 0 Å². The molecule has 1 atom stereocenters. The zero-order valence-corrected chi connectivity index (χ0v) is 14.5. The van der Waals surface area contributed by atoms with Crippen molar-refractivity contribution < 1.29 is 26.5 Å². The van der Waals surface area contributed by atoms with Gasteiger partial charge in [0.05, 0.1) is 0 Å². The number of hydrogen-bond donors (Lipinski definition) is 1. The van der Waals surface area contributed by atoms with Crippen LogP contribution < -0.4 is 5.32 Å². The van der Waals surface area contributed by atoms with Gasteiger partial charge in [0.2, 0.25) is 5.91 Å². The van der Waals surface area contributed by atoms with E-state index in [0.717, 1.165) is 31.5 Å². The molecule has 0 aromatic carbocycles. The molecule has 1 unspecified atom stereocenters. The summed E-state index contributed by atoms with van der Waals surface area (Å²) in [5.74, 6) is -0.962. The van der Waals surface area contributed by atoms with Gasteiger partial charge in [0, 0.05) is 13.2 Å². The van der Waals surface area contributed by atoms with Crippen LogP contribution in [-0.4, -0.2) is 42.8 Å². The maximum Gasteiger partial charge on any atom is 0.397 e. The van der Waals surface area contributed by atoms with Gasteiger partial charge in [-0.2, -0.15) is 13.2 Å². The molecule has 1 aliphatic rings. The number of halogens is 3. The van der Waals surface area contributed by atoms with E-state index >= 15 is 0 Å². The summed E-state index contributed by atoms with van der Waals surface area (Å²) < 4.78 is 47.7. The highest BCUT2D eigenvalue weighted by Gasteiger charge is 2.33. The van der Waals surface area contributed by atoms with Crippen molar-refractivity contribution in [1.29, 1.82) is 0 Å². The van der Waals surface area contributed by atoms with Crippen molar-refractivity contribution >= 4 is 23.5 Å². The first-order valence-corrected chi connectivity index (χ1v) is 11.8. The molecular weight excluding hydrogens is 319 g/mol. The predicted octanol–water partition coefficient (Wildman–Crippen LogP) is 2.97. The van der Waals surface area contributed by atoms with Gasteiger partial charge in [-0.15, -0.1) is 0 Å². The minimum Gasteiger partial charge on any atom is -0.435 e. The van der Waals surface area contributed by atoms with Crippen molar-refractivity contribution in [3.8, 4) is 0 Å². The van der Waals surface area contributed by atoms with Gasteiger partial charge in [-0.25, -0.2) is 0 Å². The van der Waals surface area contributed by atoms with E-state index in [2.05, 4.69) is 11.9 Å². The van der Waals surface area contributed by atoms with Crippen molar-refractivity contribution in [1.82, 2.24) is 5.32 Å². The lowest BCUT2D eigenvalue weighted by molar-refractivity contribution is -0.153. The van der Waals surface area contributed by atoms with Crippen LogP contribution in [0.25, 0.3) is 0 Å². The Labute approximate surface area is 126 Å². The van der Waals surface area contributed by atoms with E-state index in [-0.39, 0.29) is 6.54 Å². The number of carbonyl (C=O) groups excluding carboxylic acids is 1. The number of alkyl halides is 3. The molecule has 4 nitrogen and oxygen atoms in total. The first-order valence-electron chi connectivity index (χ1n) is 7.19. The lowest BCUT2D eigenvalue weighted by atomic mass is 10.4. The van der Waals surface area contributed by atoms with Crippen molar-refractivity contribution in [3.05, 3.63) is 0 Å². The summed E-state index contributed by atoms with van der Waals surface area (Å²) in [6.45, 7) is 5.15. The molecule has 1 rings (SSSR count). The summed E-state index contributed by atoms with van der Waals surface area (Å²) in [5.41, 5.74) is 0. The van der Waals surface area contributed by atoms with E-state index in [1.807, 2.05) is 6.55 Å². The smallest absolute Gasteiger partial charge is 0.397 e. The summed E-state index contributed by atoms with van der Waals surface area (Å²) >= 11 is 0. The summed E-state index contributed by atoms with van der Waals surface area (Å²) in [6, 6.07) is 1.89. The molecule has 123 valence electrons. The summed E-state index contributed by atoms with van der Waals surface area (Å²) in [5, 5.41) is 2.32. The van der Waals surface area contributed by atoms with Crippen LogP contribution >= 0.6 is 0 Å². The van der Waals surface area contributed by atoms with Gasteiger partial charge in [-0.3, -0.25) is 4.79 Å². The van der Waals surface area contributed by atoms with Gasteiger partial charge in [0.1, 0.15) is 6.42 Å². The number of nitrogens with one attached hydrogen (secondary N) is 1. The van der Waals surface area contributed by atoms with Gasteiger partial charge >= 0.3 is 15.5 Å². The zero-order valence-electron chi connectivity index (χ0n) is 12.5. The second-order valence-corrected chi connectivity index (χ2v) is 11.6. The Bertz CT molecular complexity index is 344. The highest BCUT2D eigenvalue weighted by Crippen LogP contribution is 2.25. The van der Waals surface area contributed by atoms with E-state index in [4.69, 9.17) is 8.54 Å². The maximum absolute atomic E-state index is 12.0. The quantitative estimate of drug-likeness (QED) is 0.617. The van der Waals surface area contributed by atoms with Gasteiger partial charge in [-0.1, -0.05) is 6.42 Å². The van der Waals surface area contributed by atoms with Gasteiger partial charge in [0.15, 0.2) is 8.32 Å². The molecule has 0 aromatic heterocycles. The topological polar surface area (TPSA) is 47.6 Å². The second kappa shape index (κ2) is 8.30. The lowest BCUT2D eigenvalue weighted by Gasteiger charge is -2.32. The van der Waals surface area contributed by atoms with E-state index in [0.29, 0.717) is 6.42 Å². The highest BCUT2D eigenvalue weighted by molar-refractivity contribution is 6.78. The summed E-state index contributed by atoms with van der Waals surface area (Å²) in [7, 11) is -3.06. The molecule has 1 saturated heterocycles. The molecule has 1 radical (unpaired) electrons. The maximum atomic E-state index is 12.0. The van der Waals surface area contributed by atoms with Crippen molar-refractivity contribution in [2.75, 3.05) is 13.2 Å². The van der Waals surface area contributed by atoms with E-state index < -0.39 is 36.1 Å². The molecule has 21 heavy (non-hydrogen) atoms. The molecule has 1 heterocycles. The first kappa shape index (κ1) is 18.7. The van der Waals surface area contributed by atoms with Crippen molar-refractivity contribution in [3.63, 3.8) is 0 Å². The van der Waals surface area contributed by atoms with Crippen LogP contribution in [0.4, 0.5) is 13.2 Å². The molecule has 0 aromatic rings. The second-order valence-electron chi connectivity index (χ2n) is 5.59. The Morgan fingerprint density at radius 3 is 2.76 bits per heavy atom. The Morgan fingerprint density at radius 2 is 2.10 bits per heavy atom. The Morgan fingerprint density at radius 1 is 1.38 bits per heavy atom. The summed E-state index contributed by atoms with van der Waals surface area (Å²) in [6.07, 6.45) is -3.09. The minimum atomic E-state index is -4.44. The van der Waals surface area contributed by atoms with Gasteiger partial charge in [-0.05, 0) is 38.0 Å². The van der Waals surface area contributed by atoms with E-state index in [1.54, 1.807) is 0 Å². The molecule has 1 N–H and O–H groups in total. The normalized spacial score (nSPS) is 25.2. The molecule has 0 saturated carbocycles. The van der Waals surface area contributed by atoms with Crippen LogP contribution in [0.1, 0.15) is 25.7 Å². The molecule has 1 amide bonds. The van der Waals surface area contributed by atoms with Crippen LogP contribution in [0, 0.1) is 0 Å². The zero-order chi connectivity index (χ0) is 15.9. The van der Waals surface area contributed by atoms with Crippen molar-refractivity contribution in [2.45, 2.75) is 57.0 Å². The standard InChI is InChI=1S/C12H23F3NO3Si2/c1-20-18-7-3-4-8-21(2,19-20)9-5-6-16-11(17)10-12(13,14)15/h3-10H2,1-2H3,(H,16,17). The largest absolute Gasteiger partial charge is 0.435 e. The molecule has 1 fully saturated rings. The van der Waals surface area contributed by atoms with Crippen LogP contribution in [0.5, 0.6) is 0 Å². The lowest BCUT2D eigenvalue weighted by Crippen LogP contribution is -2.43. The third-order valence-corrected chi connectivity index (χ3v) is 9.92. The van der Waals surface area contributed by atoms with Crippen LogP contribution in [0.3, 0.4) is 0 Å². The molecule has 0 aliphatic carbocycles. The minimum absolute atomic E-state index is 0.271. The number of carbonyl (C=O) groups is 1. The first-order chi connectivity index (χ1) is 9.70. The fourth-order valence-corrected chi connectivity index (χ4v) is 8.79. The molecule has 1 aliphatic heterocycles. The average Bonchev–Trinajstić information content (AvgIpc) is 2.30. The van der Waals surface area contributed by atoms with Crippen LogP contribution in [-0.2, 0) is 13.3 Å².